The Balaban J connectivity index is 1.90. The maximum Gasteiger partial charge on any atom is 0.166 e. The highest BCUT2D eigenvalue weighted by atomic mass is 79.9. The second-order valence-corrected chi connectivity index (χ2v) is 5.29. The number of hydrogen-bond acceptors (Lipinski definition) is 6. The predicted octanol–water partition coefficient (Wildman–Crippen LogP) is 2.73. The molecule has 2 rings (SSSR count). The van der Waals surface area contributed by atoms with Gasteiger partial charge in [-0.2, -0.15) is 0 Å². The third-order valence-electron chi connectivity index (χ3n) is 2.45. The van der Waals surface area contributed by atoms with Crippen molar-refractivity contribution in [2.45, 2.75) is 25.0 Å². The van der Waals surface area contributed by atoms with Gasteiger partial charge in [0.25, 0.3) is 0 Å². The van der Waals surface area contributed by atoms with Crippen LogP contribution in [-0.4, -0.2) is 20.5 Å². The molecule has 0 radical (unpaired) electrons. The minimum atomic E-state index is -0.808. The normalized spacial score (nSPS) is 14.7. The summed E-state index contributed by atoms with van der Waals surface area (Å²) in [6.45, 7) is 0. The highest BCUT2D eigenvalue weighted by Gasteiger charge is 2.19. The Morgan fingerprint density at radius 3 is 2.44 bits per heavy atom. The van der Waals surface area contributed by atoms with Crippen LogP contribution < -0.4 is 0 Å². The zero-order valence-corrected chi connectivity index (χ0v) is 12.3. The summed E-state index contributed by atoms with van der Waals surface area (Å²) in [4.78, 5) is 0. The van der Waals surface area contributed by atoms with Crippen LogP contribution in [0, 0.1) is 0 Å². The number of nitrogens with zero attached hydrogens (tertiary/aromatic N) is 2. The Labute approximate surface area is 119 Å². The third-order valence-corrected chi connectivity index (χ3v) is 3.43. The van der Waals surface area contributed by atoms with Crippen molar-refractivity contribution >= 4 is 31.9 Å². The smallest absolute Gasteiger partial charge is 0.166 e. The molecule has 0 aliphatic carbocycles. The van der Waals surface area contributed by atoms with Crippen molar-refractivity contribution in [2.24, 2.45) is 0 Å². The van der Waals surface area contributed by atoms with Crippen LogP contribution >= 0.6 is 31.9 Å². The van der Waals surface area contributed by atoms with Crippen molar-refractivity contribution in [1.29, 1.82) is 0 Å². The first kappa shape index (κ1) is 13.7. The molecule has 2 atom stereocenters. The molecule has 2 N–H and O–H groups in total. The fourth-order valence-electron chi connectivity index (χ4n) is 1.48. The van der Waals surface area contributed by atoms with E-state index in [9.17, 15) is 10.2 Å². The molecule has 0 spiro atoms. The Morgan fingerprint density at radius 2 is 1.89 bits per heavy atom. The van der Waals surface area contributed by atoms with Crippen molar-refractivity contribution in [2.75, 3.05) is 0 Å². The molecule has 0 aliphatic heterocycles. The van der Waals surface area contributed by atoms with Crippen LogP contribution in [0.15, 0.2) is 30.6 Å². The first-order valence-electron chi connectivity index (χ1n) is 5.16. The van der Waals surface area contributed by atoms with E-state index in [1.807, 2.05) is 0 Å². The van der Waals surface area contributed by atoms with Crippen LogP contribution in [0.25, 0.3) is 0 Å². The number of aliphatic hydroxyl groups excluding tert-OH is 2. The lowest BCUT2D eigenvalue weighted by molar-refractivity contribution is 0.0953. The van der Waals surface area contributed by atoms with Crippen molar-refractivity contribution in [3.05, 3.63) is 32.9 Å². The van der Waals surface area contributed by atoms with Crippen LogP contribution in [0.4, 0.5) is 0 Å². The van der Waals surface area contributed by atoms with E-state index in [2.05, 4.69) is 42.2 Å². The molecule has 0 saturated heterocycles. The van der Waals surface area contributed by atoms with Crippen LogP contribution in [-0.2, 0) is 0 Å². The van der Waals surface area contributed by atoms with Crippen molar-refractivity contribution in [3.8, 4) is 0 Å². The van der Waals surface area contributed by atoms with Gasteiger partial charge in [-0.15, -0.1) is 0 Å². The molecule has 0 bridgehead atoms. The van der Waals surface area contributed by atoms with E-state index >= 15 is 0 Å². The molecule has 0 aromatic carbocycles. The van der Waals surface area contributed by atoms with Gasteiger partial charge in [0.1, 0.15) is 17.0 Å². The van der Waals surface area contributed by atoms with Gasteiger partial charge in [-0.05, 0) is 44.7 Å². The summed E-state index contributed by atoms with van der Waals surface area (Å²) in [5.74, 6) is 0.360. The Hall–Kier alpha value is -0.700. The van der Waals surface area contributed by atoms with E-state index in [0.717, 1.165) is 0 Å². The Kier molecular flexibility index (Phi) is 4.55. The summed E-state index contributed by atoms with van der Waals surface area (Å²) in [6, 6.07) is 1.59. The fourth-order valence-corrected chi connectivity index (χ4v) is 2.22. The van der Waals surface area contributed by atoms with E-state index in [1.54, 1.807) is 6.07 Å². The first-order chi connectivity index (χ1) is 8.58. The fraction of sp³-hybridized carbons (Fsp3) is 0.400. The number of aliphatic hydroxyl groups is 2. The number of rotatable bonds is 5. The summed E-state index contributed by atoms with van der Waals surface area (Å²) >= 11 is 6.29. The monoisotopic (exact) mass is 380 g/mol. The molecule has 6 nitrogen and oxygen atoms in total. The predicted molar refractivity (Wildman–Crippen MR) is 67.6 cm³/mol. The summed E-state index contributed by atoms with van der Waals surface area (Å²) in [6.07, 6.45) is 0.482. The summed E-state index contributed by atoms with van der Waals surface area (Å²) in [7, 11) is 0. The third kappa shape index (κ3) is 3.19. The van der Waals surface area contributed by atoms with Crippen LogP contribution in [0.3, 0.4) is 0 Å². The number of halogens is 2. The van der Waals surface area contributed by atoms with Gasteiger partial charge in [-0.25, -0.2) is 0 Å². The average molecular weight is 382 g/mol. The van der Waals surface area contributed by atoms with E-state index in [0.29, 0.717) is 33.4 Å². The van der Waals surface area contributed by atoms with Gasteiger partial charge in [0.05, 0.1) is 11.7 Å². The van der Waals surface area contributed by atoms with Crippen molar-refractivity contribution in [1.82, 2.24) is 10.3 Å². The Bertz CT molecular complexity index is 513. The van der Waals surface area contributed by atoms with E-state index in [1.165, 1.54) is 6.26 Å². The van der Waals surface area contributed by atoms with Gasteiger partial charge in [-0.3, -0.25) is 0 Å². The topological polar surface area (TPSA) is 92.5 Å². The minimum Gasteiger partial charge on any atom is -0.388 e. The second kappa shape index (κ2) is 5.96. The van der Waals surface area contributed by atoms with Crippen molar-refractivity contribution in [3.63, 3.8) is 0 Å². The highest BCUT2D eigenvalue weighted by Crippen LogP contribution is 2.29. The van der Waals surface area contributed by atoms with Gasteiger partial charge in [0.15, 0.2) is 10.4 Å². The zero-order valence-electron chi connectivity index (χ0n) is 9.08. The molecule has 2 aromatic rings. The lowest BCUT2D eigenvalue weighted by atomic mass is 10.0. The second-order valence-electron chi connectivity index (χ2n) is 3.72. The highest BCUT2D eigenvalue weighted by molar-refractivity contribution is 9.10. The van der Waals surface area contributed by atoms with E-state index in [4.69, 9.17) is 9.05 Å². The standard InChI is InChI=1S/C10H10Br2N2O4/c11-9-3-8(18-13-9)7(16)2-1-6(15)5-4-17-14-10(5)12/h3-4,6-7,15-16H,1-2H2. The molecule has 0 saturated carbocycles. The molecule has 98 valence electrons. The molecule has 2 unspecified atom stereocenters. The first-order valence-corrected chi connectivity index (χ1v) is 6.74. The maximum absolute atomic E-state index is 9.89. The molecule has 0 aliphatic rings. The molecule has 2 heterocycles. The van der Waals surface area contributed by atoms with Gasteiger partial charge >= 0.3 is 0 Å². The SMILES string of the molecule is OC(CCC(O)c1conc1Br)c1cc(Br)no1. The van der Waals surface area contributed by atoms with Crippen LogP contribution in [0.5, 0.6) is 0 Å². The zero-order chi connectivity index (χ0) is 13.1. The van der Waals surface area contributed by atoms with Crippen LogP contribution in [0.2, 0.25) is 0 Å². The molecule has 0 amide bonds. The van der Waals surface area contributed by atoms with Gasteiger partial charge in [0.2, 0.25) is 0 Å². The molecule has 2 aromatic heterocycles. The molecular formula is C10H10Br2N2O4. The van der Waals surface area contributed by atoms with Gasteiger partial charge < -0.3 is 19.3 Å². The number of hydrogen-bond donors (Lipinski definition) is 2. The molecule has 8 heteroatoms. The molecule has 0 fully saturated rings. The van der Waals surface area contributed by atoms with E-state index < -0.39 is 12.2 Å². The van der Waals surface area contributed by atoms with Crippen molar-refractivity contribution < 1.29 is 19.3 Å². The summed E-state index contributed by atoms with van der Waals surface area (Å²) < 4.78 is 10.6. The van der Waals surface area contributed by atoms with E-state index in [-0.39, 0.29) is 0 Å². The minimum absolute atomic E-state index is 0.334. The molecular weight excluding hydrogens is 372 g/mol. The Morgan fingerprint density at radius 1 is 1.17 bits per heavy atom. The summed E-state index contributed by atoms with van der Waals surface area (Å²) in [5.41, 5.74) is 0.556. The van der Waals surface area contributed by atoms with Gasteiger partial charge in [-0.1, -0.05) is 10.3 Å². The largest absolute Gasteiger partial charge is 0.388 e. The lowest BCUT2D eigenvalue weighted by Gasteiger charge is -2.10. The lowest BCUT2D eigenvalue weighted by Crippen LogP contribution is -2.02. The summed E-state index contributed by atoms with van der Waals surface area (Å²) in [5, 5.41) is 27.0. The number of aromatic nitrogens is 2. The molecule has 18 heavy (non-hydrogen) atoms. The maximum atomic E-state index is 9.89. The average Bonchev–Trinajstić information content (AvgIpc) is 2.94. The quantitative estimate of drug-likeness (QED) is 0.827. The van der Waals surface area contributed by atoms with Crippen LogP contribution in [0.1, 0.15) is 36.4 Å². The van der Waals surface area contributed by atoms with Gasteiger partial charge in [0, 0.05) is 6.07 Å².